The van der Waals surface area contributed by atoms with E-state index in [9.17, 15) is 9.59 Å². The number of rotatable bonds is 1. The number of piperazine rings is 1. The Morgan fingerprint density at radius 3 is 2.38 bits per heavy atom. The Bertz CT molecular complexity index is 458. The van der Waals surface area contributed by atoms with Crippen LogP contribution in [0.2, 0.25) is 0 Å². The summed E-state index contributed by atoms with van der Waals surface area (Å²) in [6, 6.07) is -0.168. The molecule has 0 aromatic carbocycles. The van der Waals surface area contributed by atoms with Gasteiger partial charge in [0.1, 0.15) is 12.1 Å². The molecule has 5 heteroatoms. The molecule has 5 saturated heterocycles. The molecule has 21 heavy (non-hydrogen) atoms. The summed E-state index contributed by atoms with van der Waals surface area (Å²) in [5.74, 6) is 1.00. The molecule has 2 amide bonds. The largest absolute Gasteiger partial charge is 0.329 e. The number of piperidine rings is 4. The van der Waals surface area contributed by atoms with E-state index in [0.717, 1.165) is 32.4 Å². The van der Waals surface area contributed by atoms with Gasteiger partial charge in [-0.3, -0.25) is 9.59 Å². The zero-order chi connectivity index (χ0) is 14.6. The van der Waals surface area contributed by atoms with Crippen molar-refractivity contribution in [1.29, 1.82) is 0 Å². The minimum absolute atomic E-state index is 0.169. The Morgan fingerprint density at radius 1 is 0.952 bits per heavy atom. The molecular formula is C16H25N3O2. The average Bonchev–Trinajstić information content (AvgIpc) is 2.54. The van der Waals surface area contributed by atoms with Crippen molar-refractivity contribution in [2.24, 2.45) is 5.92 Å². The molecule has 0 saturated carbocycles. The first-order valence-corrected chi connectivity index (χ1v) is 8.52. The van der Waals surface area contributed by atoms with Crippen LogP contribution in [0.1, 0.15) is 39.0 Å². The molecule has 0 aliphatic carbocycles. The third kappa shape index (κ3) is 2.00. The standard InChI is InChI=1S/C16H25N3O2/c1-11-15(20)18-7-3-2-4-13(18)16(21)19(11)14-10-17-8-5-12(14)6-9-17/h11-14H,2-10H2,1H3. The van der Waals surface area contributed by atoms with Gasteiger partial charge in [0.2, 0.25) is 11.8 Å². The maximum Gasteiger partial charge on any atom is 0.246 e. The van der Waals surface area contributed by atoms with Crippen LogP contribution in [0.25, 0.3) is 0 Å². The van der Waals surface area contributed by atoms with Crippen molar-refractivity contribution in [1.82, 2.24) is 14.7 Å². The molecule has 3 atom stereocenters. The molecule has 116 valence electrons. The molecular weight excluding hydrogens is 266 g/mol. The molecule has 0 radical (unpaired) electrons. The first-order chi connectivity index (χ1) is 10.2. The van der Waals surface area contributed by atoms with E-state index in [4.69, 9.17) is 0 Å². The number of hydrogen-bond acceptors (Lipinski definition) is 3. The van der Waals surface area contributed by atoms with Crippen molar-refractivity contribution in [2.45, 2.75) is 57.2 Å². The maximum atomic E-state index is 13.0. The Morgan fingerprint density at radius 2 is 1.71 bits per heavy atom. The third-order valence-electron chi connectivity index (χ3n) is 6.08. The minimum atomic E-state index is -0.266. The van der Waals surface area contributed by atoms with Gasteiger partial charge in [-0.1, -0.05) is 0 Å². The monoisotopic (exact) mass is 291 g/mol. The molecule has 0 aromatic rings. The predicted molar refractivity (Wildman–Crippen MR) is 78.6 cm³/mol. The summed E-state index contributed by atoms with van der Waals surface area (Å²) in [5.41, 5.74) is 0. The van der Waals surface area contributed by atoms with Crippen molar-refractivity contribution in [2.75, 3.05) is 26.2 Å². The zero-order valence-corrected chi connectivity index (χ0v) is 12.8. The van der Waals surface area contributed by atoms with Gasteiger partial charge in [-0.15, -0.1) is 0 Å². The van der Waals surface area contributed by atoms with E-state index in [2.05, 4.69) is 4.90 Å². The Kier molecular flexibility index (Phi) is 3.21. The molecule has 5 rings (SSSR count). The molecule has 5 heterocycles. The van der Waals surface area contributed by atoms with E-state index in [1.54, 1.807) is 0 Å². The van der Waals surface area contributed by atoms with Crippen molar-refractivity contribution < 1.29 is 9.59 Å². The molecule has 0 N–H and O–H groups in total. The van der Waals surface area contributed by atoms with Crippen LogP contribution in [0.3, 0.4) is 0 Å². The summed E-state index contributed by atoms with van der Waals surface area (Å²) in [7, 11) is 0. The number of nitrogens with zero attached hydrogens (tertiary/aromatic N) is 3. The van der Waals surface area contributed by atoms with Crippen LogP contribution in [0.5, 0.6) is 0 Å². The highest BCUT2D eigenvalue weighted by Crippen LogP contribution is 2.35. The second-order valence-corrected chi connectivity index (χ2v) is 7.17. The third-order valence-corrected chi connectivity index (χ3v) is 6.08. The normalized spacial score (nSPS) is 43.2. The lowest BCUT2D eigenvalue weighted by atomic mass is 9.81. The minimum Gasteiger partial charge on any atom is -0.329 e. The number of hydrogen-bond donors (Lipinski definition) is 0. The van der Waals surface area contributed by atoms with Gasteiger partial charge in [0.15, 0.2) is 0 Å². The second kappa shape index (κ2) is 4.97. The lowest BCUT2D eigenvalue weighted by Crippen LogP contribution is -2.70. The number of carbonyl (C=O) groups is 2. The summed E-state index contributed by atoms with van der Waals surface area (Å²) in [6.45, 7) is 6.01. The highest BCUT2D eigenvalue weighted by molar-refractivity contribution is 5.97. The van der Waals surface area contributed by atoms with Crippen LogP contribution < -0.4 is 0 Å². The van der Waals surface area contributed by atoms with Gasteiger partial charge in [-0.2, -0.15) is 0 Å². The van der Waals surface area contributed by atoms with Crippen molar-refractivity contribution in [3.63, 3.8) is 0 Å². The Hall–Kier alpha value is -1.10. The molecule has 2 bridgehead atoms. The average molecular weight is 291 g/mol. The molecule has 5 nitrogen and oxygen atoms in total. The fourth-order valence-electron chi connectivity index (χ4n) is 4.87. The lowest BCUT2D eigenvalue weighted by Gasteiger charge is -2.54. The summed E-state index contributed by atoms with van der Waals surface area (Å²) in [6.07, 6.45) is 5.34. The number of fused-ring (bicyclic) bond motifs is 4. The lowest BCUT2D eigenvalue weighted by molar-refractivity contribution is -0.170. The maximum absolute atomic E-state index is 13.0. The molecule has 5 fully saturated rings. The number of amides is 2. The van der Waals surface area contributed by atoms with Crippen molar-refractivity contribution in [3.8, 4) is 0 Å². The van der Waals surface area contributed by atoms with Gasteiger partial charge in [0, 0.05) is 19.1 Å². The zero-order valence-electron chi connectivity index (χ0n) is 12.8. The first kappa shape index (κ1) is 13.6. The van der Waals surface area contributed by atoms with E-state index >= 15 is 0 Å². The fraction of sp³-hybridized carbons (Fsp3) is 0.875. The van der Waals surface area contributed by atoms with Crippen LogP contribution in [0.4, 0.5) is 0 Å². The molecule has 0 aromatic heterocycles. The quantitative estimate of drug-likeness (QED) is 0.714. The van der Waals surface area contributed by atoms with E-state index in [1.165, 1.54) is 25.9 Å². The first-order valence-electron chi connectivity index (χ1n) is 8.52. The van der Waals surface area contributed by atoms with Gasteiger partial charge in [0.05, 0.1) is 0 Å². The summed E-state index contributed by atoms with van der Waals surface area (Å²) in [4.78, 5) is 32.0. The van der Waals surface area contributed by atoms with Crippen LogP contribution in [0.15, 0.2) is 0 Å². The number of carbonyl (C=O) groups excluding carboxylic acids is 2. The van der Waals surface area contributed by atoms with Crippen molar-refractivity contribution in [3.05, 3.63) is 0 Å². The van der Waals surface area contributed by atoms with E-state index < -0.39 is 0 Å². The highest BCUT2D eigenvalue weighted by Gasteiger charge is 2.50. The van der Waals surface area contributed by atoms with Crippen LogP contribution in [-0.4, -0.2) is 70.8 Å². The van der Waals surface area contributed by atoms with E-state index in [1.807, 2.05) is 16.7 Å². The van der Waals surface area contributed by atoms with E-state index in [-0.39, 0.29) is 29.9 Å². The fourth-order valence-corrected chi connectivity index (χ4v) is 4.87. The summed E-state index contributed by atoms with van der Waals surface area (Å²) < 4.78 is 0. The SMILES string of the molecule is CC1C(=O)N2CCCCC2C(=O)N1C1CN2CCC1CC2. The molecule has 0 spiro atoms. The summed E-state index contributed by atoms with van der Waals surface area (Å²) >= 11 is 0. The molecule has 3 unspecified atom stereocenters. The van der Waals surface area contributed by atoms with Crippen LogP contribution in [-0.2, 0) is 9.59 Å². The van der Waals surface area contributed by atoms with Gasteiger partial charge in [-0.05, 0) is 58.0 Å². The Balaban J connectivity index is 1.62. The van der Waals surface area contributed by atoms with Crippen LogP contribution >= 0.6 is 0 Å². The van der Waals surface area contributed by atoms with Gasteiger partial charge in [0.25, 0.3) is 0 Å². The van der Waals surface area contributed by atoms with Crippen LogP contribution in [0, 0.1) is 5.92 Å². The van der Waals surface area contributed by atoms with Gasteiger partial charge in [-0.25, -0.2) is 0 Å². The smallest absolute Gasteiger partial charge is 0.246 e. The van der Waals surface area contributed by atoms with E-state index in [0.29, 0.717) is 5.92 Å². The van der Waals surface area contributed by atoms with Crippen molar-refractivity contribution >= 4 is 11.8 Å². The second-order valence-electron chi connectivity index (χ2n) is 7.17. The Labute approximate surface area is 126 Å². The van der Waals surface area contributed by atoms with Gasteiger partial charge < -0.3 is 14.7 Å². The molecule has 5 aliphatic heterocycles. The highest BCUT2D eigenvalue weighted by atomic mass is 16.2. The molecule has 5 aliphatic rings. The topological polar surface area (TPSA) is 43.9 Å². The predicted octanol–water partition coefficient (Wildman–Crippen LogP) is 0.692. The van der Waals surface area contributed by atoms with Gasteiger partial charge >= 0.3 is 0 Å². The summed E-state index contributed by atoms with van der Waals surface area (Å²) in [5, 5.41) is 0.